The van der Waals surface area contributed by atoms with Gasteiger partial charge in [0.25, 0.3) is 5.91 Å². The van der Waals surface area contributed by atoms with Gasteiger partial charge in [-0.05, 0) is 18.6 Å². The number of benzene rings is 1. The summed E-state index contributed by atoms with van der Waals surface area (Å²) >= 11 is 5.85. The summed E-state index contributed by atoms with van der Waals surface area (Å²) in [6, 6.07) is 8.34. The van der Waals surface area contributed by atoms with Crippen LogP contribution in [-0.4, -0.2) is 23.6 Å². The van der Waals surface area contributed by atoms with Gasteiger partial charge in [0, 0.05) is 18.4 Å². The molecule has 0 aliphatic heterocycles. The largest absolute Gasteiger partial charge is 0.389 e. The standard InChI is InChI=1S/C14H12ClF3N2O/c15-12-8-10(9-4-1-2-5-11(9)20-12)13(21)19-7-3-6-14(16,17)18/h1-2,4-5,8H,3,6-7H2,(H,19,21). The molecular weight excluding hydrogens is 305 g/mol. The number of halogens is 4. The average molecular weight is 317 g/mol. The number of pyridine rings is 1. The highest BCUT2D eigenvalue weighted by Crippen LogP contribution is 2.22. The number of amides is 1. The third-order valence-electron chi connectivity index (χ3n) is 2.85. The number of alkyl halides is 3. The number of rotatable bonds is 4. The molecule has 1 aromatic heterocycles. The smallest absolute Gasteiger partial charge is 0.352 e. The lowest BCUT2D eigenvalue weighted by Crippen LogP contribution is -2.25. The Morgan fingerprint density at radius 3 is 2.71 bits per heavy atom. The Kier molecular flexibility index (Phi) is 4.67. The maximum absolute atomic E-state index is 12.1. The minimum atomic E-state index is -4.21. The van der Waals surface area contributed by atoms with E-state index in [0.717, 1.165) is 0 Å². The summed E-state index contributed by atoms with van der Waals surface area (Å²) in [5, 5.41) is 3.23. The summed E-state index contributed by atoms with van der Waals surface area (Å²) < 4.78 is 36.1. The van der Waals surface area contributed by atoms with Crippen molar-refractivity contribution in [2.45, 2.75) is 19.0 Å². The molecule has 0 bridgehead atoms. The molecule has 1 N–H and O–H groups in total. The van der Waals surface area contributed by atoms with Crippen LogP contribution in [0.15, 0.2) is 30.3 Å². The van der Waals surface area contributed by atoms with Gasteiger partial charge in [-0.15, -0.1) is 0 Å². The topological polar surface area (TPSA) is 42.0 Å². The van der Waals surface area contributed by atoms with E-state index >= 15 is 0 Å². The Hall–Kier alpha value is -1.82. The second-order valence-corrected chi connectivity index (χ2v) is 4.87. The van der Waals surface area contributed by atoms with Gasteiger partial charge in [0.05, 0.1) is 11.1 Å². The zero-order valence-electron chi connectivity index (χ0n) is 10.9. The molecule has 3 nitrogen and oxygen atoms in total. The molecule has 1 amide bonds. The second kappa shape index (κ2) is 6.30. The fourth-order valence-corrected chi connectivity index (χ4v) is 2.12. The molecule has 0 atom stereocenters. The fraction of sp³-hybridized carbons (Fsp3) is 0.286. The number of hydrogen-bond acceptors (Lipinski definition) is 2. The highest BCUT2D eigenvalue weighted by atomic mass is 35.5. The third kappa shape index (κ3) is 4.32. The van der Waals surface area contributed by atoms with Gasteiger partial charge in [0.15, 0.2) is 0 Å². The lowest BCUT2D eigenvalue weighted by molar-refractivity contribution is -0.135. The molecule has 0 fully saturated rings. The molecule has 0 unspecified atom stereocenters. The Bertz CT molecular complexity index is 658. The van der Waals surface area contributed by atoms with Crippen LogP contribution in [-0.2, 0) is 0 Å². The van der Waals surface area contributed by atoms with Gasteiger partial charge in [0.2, 0.25) is 0 Å². The predicted octanol–water partition coefficient (Wildman–Crippen LogP) is 3.96. The van der Waals surface area contributed by atoms with Gasteiger partial charge in [-0.25, -0.2) is 4.98 Å². The molecule has 1 aromatic carbocycles. The van der Waals surface area contributed by atoms with Crippen molar-refractivity contribution in [3.05, 3.63) is 41.0 Å². The Labute approximate surface area is 124 Å². The number of fused-ring (bicyclic) bond motifs is 1. The summed E-state index contributed by atoms with van der Waals surface area (Å²) in [4.78, 5) is 16.1. The number of nitrogens with one attached hydrogen (secondary N) is 1. The minimum absolute atomic E-state index is 0.0490. The van der Waals surface area contributed by atoms with Crippen LogP contribution in [0.4, 0.5) is 13.2 Å². The van der Waals surface area contributed by atoms with E-state index in [1.807, 2.05) is 0 Å². The maximum atomic E-state index is 12.1. The monoisotopic (exact) mass is 316 g/mol. The van der Waals surface area contributed by atoms with E-state index in [2.05, 4.69) is 10.3 Å². The summed E-state index contributed by atoms with van der Waals surface area (Å²) in [5.41, 5.74) is 0.864. The van der Waals surface area contributed by atoms with Crippen molar-refractivity contribution in [3.63, 3.8) is 0 Å². The van der Waals surface area contributed by atoms with E-state index in [4.69, 9.17) is 11.6 Å². The lowest BCUT2D eigenvalue weighted by atomic mass is 10.1. The zero-order chi connectivity index (χ0) is 15.5. The predicted molar refractivity (Wildman–Crippen MR) is 74.4 cm³/mol. The molecular formula is C14H12ClF3N2O. The van der Waals surface area contributed by atoms with Gasteiger partial charge < -0.3 is 5.32 Å². The van der Waals surface area contributed by atoms with Crippen LogP contribution in [0.2, 0.25) is 5.15 Å². The van der Waals surface area contributed by atoms with Crippen LogP contribution in [0.5, 0.6) is 0 Å². The van der Waals surface area contributed by atoms with Gasteiger partial charge in [0.1, 0.15) is 5.15 Å². The van der Waals surface area contributed by atoms with E-state index in [1.54, 1.807) is 24.3 Å². The third-order valence-corrected chi connectivity index (χ3v) is 3.05. The van der Waals surface area contributed by atoms with Crippen molar-refractivity contribution in [2.75, 3.05) is 6.54 Å². The summed E-state index contributed by atoms with van der Waals surface area (Å²) in [7, 11) is 0. The first kappa shape index (κ1) is 15.6. The highest BCUT2D eigenvalue weighted by molar-refractivity contribution is 6.30. The Balaban J connectivity index is 2.09. The van der Waals surface area contributed by atoms with Gasteiger partial charge >= 0.3 is 6.18 Å². The first-order chi connectivity index (χ1) is 9.87. The number of hydrogen-bond donors (Lipinski definition) is 1. The van der Waals surface area contributed by atoms with Gasteiger partial charge in [-0.3, -0.25) is 4.79 Å². The average Bonchev–Trinajstić information content (AvgIpc) is 2.41. The molecule has 0 saturated heterocycles. The van der Waals surface area contributed by atoms with Crippen LogP contribution in [0.3, 0.4) is 0 Å². The zero-order valence-corrected chi connectivity index (χ0v) is 11.6. The highest BCUT2D eigenvalue weighted by Gasteiger charge is 2.26. The van der Waals surface area contributed by atoms with Crippen molar-refractivity contribution >= 4 is 28.4 Å². The molecule has 2 rings (SSSR count). The molecule has 0 spiro atoms. The quantitative estimate of drug-likeness (QED) is 0.685. The number of nitrogens with zero attached hydrogens (tertiary/aromatic N) is 1. The molecule has 112 valence electrons. The van der Waals surface area contributed by atoms with E-state index < -0.39 is 18.5 Å². The van der Waals surface area contributed by atoms with Crippen molar-refractivity contribution in [3.8, 4) is 0 Å². The Morgan fingerprint density at radius 2 is 2.00 bits per heavy atom. The lowest BCUT2D eigenvalue weighted by Gasteiger charge is -2.09. The maximum Gasteiger partial charge on any atom is 0.389 e. The number of carbonyl (C=O) groups excluding carboxylic acids is 1. The first-order valence-electron chi connectivity index (χ1n) is 6.27. The molecule has 2 aromatic rings. The molecule has 0 saturated carbocycles. The number of para-hydroxylation sites is 1. The van der Waals surface area contributed by atoms with Crippen LogP contribution in [0.25, 0.3) is 10.9 Å². The van der Waals surface area contributed by atoms with Crippen molar-refractivity contribution in [1.82, 2.24) is 10.3 Å². The summed E-state index contributed by atoms with van der Waals surface area (Å²) in [6.45, 7) is -0.0490. The minimum Gasteiger partial charge on any atom is -0.352 e. The van der Waals surface area contributed by atoms with E-state index in [1.165, 1.54) is 6.07 Å². The molecule has 0 aliphatic carbocycles. The SMILES string of the molecule is O=C(NCCCC(F)(F)F)c1cc(Cl)nc2ccccc12. The molecule has 1 heterocycles. The fourth-order valence-electron chi connectivity index (χ4n) is 1.92. The van der Waals surface area contributed by atoms with Crippen LogP contribution in [0.1, 0.15) is 23.2 Å². The number of aromatic nitrogens is 1. The van der Waals surface area contributed by atoms with Crippen LogP contribution >= 0.6 is 11.6 Å². The van der Waals surface area contributed by atoms with Crippen molar-refractivity contribution < 1.29 is 18.0 Å². The molecule has 0 aliphatic rings. The van der Waals surface area contributed by atoms with Crippen LogP contribution in [0, 0.1) is 0 Å². The van der Waals surface area contributed by atoms with Crippen LogP contribution < -0.4 is 5.32 Å². The van der Waals surface area contributed by atoms with E-state index in [9.17, 15) is 18.0 Å². The van der Waals surface area contributed by atoms with E-state index in [-0.39, 0.29) is 18.1 Å². The normalized spacial score (nSPS) is 11.6. The summed E-state index contributed by atoms with van der Waals surface area (Å²) in [6.07, 6.45) is -5.30. The number of carbonyl (C=O) groups is 1. The molecule has 7 heteroatoms. The second-order valence-electron chi connectivity index (χ2n) is 4.48. The van der Waals surface area contributed by atoms with Gasteiger partial charge in [-0.2, -0.15) is 13.2 Å². The van der Waals surface area contributed by atoms with Crippen molar-refractivity contribution in [1.29, 1.82) is 0 Å². The van der Waals surface area contributed by atoms with Gasteiger partial charge in [-0.1, -0.05) is 29.8 Å². The first-order valence-corrected chi connectivity index (χ1v) is 6.65. The summed E-state index contributed by atoms with van der Waals surface area (Å²) in [5.74, 6) is -0.460. The Morgan fingerprint density at radius 1 is 1.29 bits per heavy atom. The molecule has 21 heavy (non-hydrogen) atoms. The van der Waals surface area contributed by atoms with E-state index in [0.29, 0.717) is 16.5 Å². The van der Waals surface area contributed by atoms with Crippen molar-refractivity contribution in [2.24, 2.45) is 0 Å². The molecule has 0 radical (unpaired) electrons.